The minimum absolute atomic E-state index is 0.255. The minimum atomic E-state index is 0.255. The van der Waals surface area contributed by atoms with Gasteiger partial charge in [0.2, 0.25) is 5.89 Å². The van der Waals surface area contributed by atoms with Gasteiger partial charge < -0.3 is 14.6 Å². The van der Waals surface area contributed by atoms with Crippen molar-refractivity contribution < 1.29 is 9.26 Å². The van der Waals surface area contributed by atoms with Crippen LogP contribution in [0.2, 0.25) is 0 Å². The quantitative estimate of drug-likeness (QED) is 0.820. The maximum atomic E-state index is 5.12. The van der Waals surface area contributed by atoms with Crippen LogP contribution in [0.1, 0.15) is 30.0 Å². The van der Waals surface area contributed by atoms with Gasteiger partial charge in [-0.1, -0.05) is 5.16 Å². The molecule has 0 bridgehead atoms. The topological polar surface area (TPSA) is 78.0 Å². The number of hydrogen-bond donors (Lipinski definition) is 1. The van der Waals surface area contributed by atoms with Crippen LogP contribution in [0.3, 0.4) is 0 Å². The minimum Gasteiger partial charge on any atom is -0.377 e. The van der Waals surface area contributed by atoms with E-state index in [0.29, 0.717) is 24.9 Å². The van der Waals surface area contributed by atoms with Crippen molar-refractivity contribution in [2.75, 3.05) is 7.11 Å². The Morgan fingerprint density at radius 3 is 2.90 bits per heavy atom. The average Bonchev–Trinajstić information content (AvgIpc) is 2.95. The molecule has 0 radical (unpaired) electrons. The molecule has 0 fully saturated rings. The van der Waals surface area contributed by atoms with Gasteiger partial charge in [0, 0.05) is 18.8 Å². The Hall–Kier alpha value is -1.73. The first kappa shape index (κ1) is 14.7. The number of nitrogens with one attached hydrogen (secondary N) is 1. The number of nitrogens with zero attached hydrogens (tertiary/aromatic N) is 4. The molecule has 2 rings (SSSR count). The van der Waals surface area contributed by atoms with Crippen LogP contribution in [-0.2, 0) is 24.4 Å². The van der Waals surface area contributed by atoms with Crippen LogP contribution in [0.15, 0.2) is 10.6 Å². The Kier molecular flexibility index (Phi) is 4.86. The van der Waals surface area contributed by atoms with E-state index in [-0.39, 0.29) is 6.04 Å². The van der Waals surface area contributed by atoms with Crippen molar-refractivity contribution in [1.82, 2.24) is 25.2 Å². The lowest BCUT2D eigenvalue weighted by Gasteiger charge is -2.13. The van der Waals surface area contributed by atoms with Crippen LogP contribution >= 0.6 is 0 Å². The summed E-state index contributed by atoms with van der Waals surface area (Å²) < 4.78 is 12.1. The SMILES string of the molecule is COCc1noc(CN[C@H](C)Cn2nc(C)cc2C)n1. The molecule has 0 aliphatic rings. The monoisotopic (exact) mass is 279 g/mol. The van der Waals surface area contributed by atoms with Gasteiger partial charge in [0.05, 0.1) is 18.8 Å². The first-order chi connectivity index (χ1) is 9.58. The second kappa shape index (κ2) is 6.62. The van der Waals surface area contributed by atoms with E-state index in [2.05, 4.69) is 40.5 Å². The van der Waals surface area contributed by atoms with Gasteiger partial charge in [-0.15, -0.1) is 0 Å². The van der Waals surface area contributed by atoms with Crippen molar-refractivity contribution in [2.24, 2.45) is 0 Å². The van der Waals surface area contributed by atoms with Crippen LogP contribution < -0.4 is 5.32 Å². The summed E-state index contributed by atoms with van der Waals surface area (Å²) in [5.41, 5.74) is 2.20. The van der Waals surface area contributed by atoms with Gasteiger partial charge in [0.25, 0.3) is 0 Å². The van der Waals surface area contributed by atoms with Gasteiger partial charge in [0.15, 0.2) is 5.82 Å². The summed E-state index contributed by atoms with van der Waals surface area (Å²) in [6.07, 6.45) is 0. The van der Waals surface area contributed by atoms with Gasteiger partial charge in [-0.05, 0) is 26.8 Å². The first-order valence-corrected chi connectivity index (χ1v) is 6.63. The molecule has 2 aromatic rings. The highest BCUT2D eigenvalue weighted by atomic mass is 16.5. The fourth-order valence-electron chi connectivity index (χ4n) is 1.99. The molecule has 1 atom stereocenters. The fraction of sp³-hybridized carbons (Fsp3) is 0.615. The molecule has 0 aromatic carbocycles. The molecule has 0 amide bonds. The van der Waals surface area contributed by atoms with Gasteiger partial charge in [0.1, 0.15) is 6.61 Å². The number of aryl methyl sites for hydroxylation is 2. The molecule has 2 aromatic heterocycles. The molecular weight excluding hydrogens is 258 g/mol. The lowest BCUT2D eigenvalue weighted by atomic mass is 10.3. The fourth-order valence-corrected chi connectivity index (χ4v) is 1.99. The number of hydrogen-bond acceptors (Lipinski definition) is 6. The lowest BCUT2D eigenvalue weighted by Crippen LogP contribution is -2.30. The normalized spacial score (nSPS) is 12.8. The molecular formula is C13H21N5O2. The summed E-state index contributed by atoms with van der Waals surface area (Å²) in [5, 5.41) is 11.6. The van der Waals surface area contributed by atoms with Gasteiger partial charge in [-0.25, -0.2) is 0 Å². The summed E-state index contributed by atoms with van der Waals surface area (Å²) in [6.45, 7) is 7.86. The Morgan fingerprint density at radius 2 is 2.25 bits per heavy atom. The largest absolute Gasteiger partial charge is 0.377 e. The summed E-state index contributed by atoms with van der Waals surface area (Å²) >= 11 is 0. The second-order valence-electron chi connectivity index (χ2n) is 4.93. The molecule has 1 N–H and O–H groups in total. The van der Waals surface area contributed by atoms with Crippen molar-refractivity contribution in [3.8, 4) is 0 Å². The second-order valence-corrected chi connectivity index (χ2v) is 4.93. The molecule has 20 heavy (non-hydrogen) atoms. The molecule has 0 spiro atoms. The predicted molar refractivity (Wildman–Crippen MR) is 73.0 cm³/mol. The Labute approximate surface area is 118 Å². The number of rotatable bonds is 7. The van der Waals surface area contributed by atoms with Crippen molar-refractivity contribution in [1.29, 1.82) is 0 Å². The summed E-state index contributed by atoms with van der Waals surface area (Å²) in [5.74, 6) is 1.13. The van der Waals surface area contributed by atoms with E-state index in [0.717, 1.165) is 17.9 Å². The van der Waals surface area contributed by atoms with Crippen molar-refractivity contribution in [3.63, 3.8) is 0 Å². The molecule has 0 aliphatic carbocycles. The van der Waals surface area contributed by atoms with E-state index in [1.54, 1.807) is 7.11 Å². The van der Waals surface area contributed by atoms with Crippen LogP contribution in [0, 0.1) is 13.8 Å². The zero-order chi connectivity index (χ0) is 14.5. The molecule has 2 heterocycles. The van der Waals surface area contributed by atoms with Crippen LogP contribution in [0.25, 0.3) is 0 Å². The van der Waals surface area contributed by atoms with E-state index in [1.807, 2.05) is 11.6 Å². The van der Waals surface area contributed by atoms with E-state index < -0.39 is 0 Å². The van der Waals surface area contributed by atoms with Crippen LogP contribution in [-0.4, -0.2) is 33.1 Å². The van der Waals surface area contributed by atoms with E-state index in [1.165, 1.54) is 0 Å². The maximum Gasteiger partial charge on any atom is 0.240 e. The summed E-state index contributed by atoms with van der Waals surface area (Å²) in [6, 6.07) is 2.33. The number of aromatic nitrogens is 4. The number of methoxy groups -OCH3 is 1. The Balaban J connectivity index is 1.82. The highest BCUT2D eigenvalue weighted by Crippen LogP contribution is 2.04. The van der Waals surface area contributed by atoms with Crippen LogP contribution in [0.4, 0.5) is 0 Å². The van der Waals surface area contributed by atoms with Gasteiger partial charge >= 0.3 is 0 Å². The Bertz CT molecular complexity index is 549. The zero-order valence-electron chi connectivity index (χ0n) is 12.4. The van der Waals surface area contributed by atoms with Crippen molar-refractivity contribution >= 4 is 0 Å². The zero-order valence-corrected chi connectivity index (χ0v) is 12.4. The molecule has 7 heteroatoms. The summed E-state index contributed by atoms with van der Waals surface area (Å²) in [4.78, 5) is 4.21. The van der Waals surface area contributed by atoms with Crippen LogP contribution in [0.5, 0.6) is 0 Å². The van der Waals surface area contributed by atoms with E-state index in [4.69, 9.17) is 9.26 Å². The smallest absolute Gasteiger partial charge is 0.240 e. The highest BCUT2D eigenvalue weighted by Gasteiger charge is 2.10. The third-order valence-electron chi connectivity index (χ3n) is 2.94. The van der Waals surface area contributed by atoms with Crippen molar-refractivity contribution in [2.45, 2.75) is 46.5 Å². The third kappa shape index (κ3) is 3.88. The lowest BCUT2D eigenvalue weighted by molar-refractivity contribution is 0.174. The summed E-state index contributed by atoms with van der Waals surface area (Å²) in [7, 11) is 1.60. The first-order valence-electron chi connectivity index (χ1n) is 6.63. The van der Waals surface area contributed by atoms with Crippen molar-refractivity contribution in [3.05, 3.63) is 29.2 Å². The molecule has 0 unspecified atom stereocenters. The average molecular weight is 279 g/mol. The highest BCUT2D eigenvalue weighted by molar-refractivity contribution is 5.06. The van der Waals surface area contributed by atoms with Gasteiger partial charge in [-0.3, -0.25) is 4.68 Å². The van der Waals surface area contributed by atoms with E-state index >= 15 is 0 Å². The Morgan fingerprint density at radius 1 is 1.45 bits per heavy atom. The molecule has 0 saturated heterocycles. The molecule has 110 valence electrons. The third-order valence-corrected chi connectivity index (χ3v) is 2.94. The number of ether oxygens (including phenoxy) is 1. The molecule has 0 aliphatic heterocycles. The maximum absolute atomic E-state index is 5.12. The standard InChI is InChI=1S/C13H21N5O2/c1-9-5-11(3)18(16-9)7-10(2)14-6-13-15-12(8-19-4)17-20-13/h5,10,14H,6-8H2,1-4H3/t10-/m1/s1. The molecule has 7 nitrogen and oxygen atoms in total. The predicted octanol–water partition coefficient (Wildman–Crippen LogP) is 1.21. The van der Waals surface area contributed by atoms with E-state index in [9.17, 15) is 0 Å². The van der Waals surface area contributed by atoms with Gasteiger partial charge in [-0.2, -0.15) is 10.1 Å². The molecule has 0 saturated carbocycles.